The number of halogens is 2. The number of fused-ring (bicyclic) bond motifs is 1. The maximum Gasteiger partial charge on any atom is 0.174 e. The van der Waals surface area contributed by atoms with Crippen molar-refractivity contribution in [3.05, 3.63) is 70.3 Å². The maximum atomic E-state index is 13.7. The Balaban J connectivity index is 1.71. The summed E-state index contributed by atoms with van der Waals surface area (Å²) in [6, 6.07) is 10.4. The van der Waals surface area contributed by atoms with Crippen molar-refractivity contribution < 1.29 is 8.78 Å². The first-order valence-electron chi connectivity index (χ1n) is 9.25. The standard InChI is InChI=1S/C23H24F2/c1-2-3-4-6-17-10-13-21-16-18(11-14-20(21)15-17)9-12-19-7-5-8-22(24)23(19)25/h5,7-8,11,14,16-17H,2-4,6,10,13,15H2,1H3. The first-order valence-corrected chi connectivity index (χ1v) is 9.25. The molecule has 0 fully saturated rings. The Labute approximate surface area is 149 Å². The second-order valence-corrected chi connectivity index (χ2v) is 6.94. The summed E-state index contributed by atoms with van der Waals surface area (Å²) in [6.07, 6.45) is 8.76. The molecular weight excluding hydrogens is 314 g/mol. The summed E-state index contributed by atoms with van der Waals surface area (Å²) in [5.41, 5.74) is 3.76. The fourth-order valence-corrected chi connectivity index (χ4v) is 3.58. The highest BCUT2D eigenvalue weighted by Crippen LogP contribution is 2.29. The molecule has 1 aliphatic carbocycles. The van der Waals surface area contributed by atoms with Gasteiger partial charge in [-0.1, -0.05) is 56.6 Å². The highest BCUT2D eigenvalue weighted by molar-refractivity contribution is 5.46. The Morgan fingerprint density at radius 3 is 2.76 bits per heavy atom. The third-order valence-corrected chi connectivity index (χ3v) is 5.05. The van der Waals surface area contributed by atoms with E-state index in [9.17, 15) is 8.78 Å². The molecule has 0 nitrogen and oxygen atoms in total. The Hall–Kier alpha value is -2.14. The van der Waals surface area contributed by atoms with E-state index in [0.717, 1.165) is 30.4 Å². The lowest BCUT2D eigenvalue weighted by Crippen LogP contribution is -2.14. The molecule has 0 spiro atoms. The lowest BCUT2D eigenvalue weighted by atomic mass is 9.81. The summed E-state index contributed by atoms with van der Waals surface area (Å²) < 4.78 is 26.9. The zero-order chi connectivity index (χ0) is 17.6. The van der Waals surface area contributed by atoms with Gasteiger partial charge in [0.1, 0.15) is 0 Å². The molecule has 130 valence electrons. The van der Waals surface area contributed by atoms with Gasteiger partial charge < -0.3 is 0 Å². The molecule has 3 rings (SSSR count). The second kappa shape index (κ2) is 8.30. The average molecular weight is 338 g/mol. The monoisotopic (exact) mass is 338 g/mol. The maximum absolute atomic E-state index is 13.7. The van der Waals surface area contributed by atoms with Crippen molar-refractivity contribution in [2.24, 2.45) is 5.92 Å². The van der Waals surface area contributed by atoms with Gasteiger partial charge in [-0.25, -0.2) is 8.78 Å². The van der Waals surface area contributed by atoms with Crippen LogP contribution in [0.5, 0.6) is 0 Å². The van der Waals surface area contributed by atoms with E-state index in [2.05, 4.69) is 30.9 Å². The van der Waals surface area contributed by atoms with Crippen LogP contribution in [0, 0.1) is 29.4 Å². The minimum Gasteiger partial charge on any atom is -0.204 e. The number of aryl methyl sites for hydroxylation is 1. The lowest BCUT2D eigenvalue weighted by Gasteiger charge is -2.24. The van der Waals surface area contributed by atoms with E-state index in [4.69, 9.17) is 0 Å². The molecule has 1 aliphatic rings. The van der Waals surface area contributed by atoms with E-state index < -0.39 is 11.6 Å². The molecule has 0 amide bonds. The summed E-state index contributed by atoms with van der Waals surface area (Å²) in [7, 11) is 0. The summed E-state index contributed by atoms with van der Waals surface area (Å²) >= 11 is 0. The molecule has 25 heavy (non-hydrogen) atoms. The van der Waals surface area contributed by atoms with Crippen LogP contribution >= 0.6 is 0 Å². The molecule has 0 aliphatic heterocycles. The van der Waals surface area contributed by atoms with Crippen LogP contribution in [0.1, 0.15) is 61.3 Å². The van der Waals surface area contributed by atoms with Crippen molar-refractivity contribution in [2.75, 3.05) is 0 Å². The van der Waals surface area contributed by atoms with Crippen molar-refractivity contribution in [2.45, 2.75) is 51.9 Å². The molecule has 0 saturated carbocycles. The van der Waals surface area contributed by atoms with Gasteiger partial charge in [-0.2, -0.15) is 0 Å². The fraction of sp³-hybridized carbons (Fsp3) is 0.391. The summed E-state index contributed by atoms with van der Waals surface area (Å²) in [5, 5.41) is 0. The van der Waals surface area contributed by atoms with E-state index in [1.807, 2.05) is 6.07 Å². The molecular formula is C23H24F2. The number of rotatable bonds is 4. The second-order valence-electron chi connectivity index (χ2n) is 6.94. The lowest BCUT2D eigenvalue weighted by molar-refractivity contribution is 0.408. The number of benzene rings is 2. The molecule has 0 N–H and O–H groups in total. The quantitative estimate of drug-likeness (QED) is 0.470. The van der Waals surface area contributed by atoms with Gasteiger partial charge >= 0.3 is 0 Å². The molecule has 0 bridgehead atoms. The molecule has 2 heteroatoms. The largest absolute Gasteiger partial charge is 0.204 e. The van der Waals surface area contributed by atoms with Crippen LogP contribution in [0.25, 0.3) is 0 Å². The molecule has 0 radical (unpaired) electrons. The molecule has 0 aromatic heterocycles. The Morgan fingerprint density at radius 1 is 1.04 bits per heavy atom. The normalized spacial score (nSPS) is 16.0. The van der Waals surface area contributed by atoms with Crippen molar-refractivity contribution >= 4 is 0 Å². The predicted octanol–water partition coefficient (Wildman–Crippen LogP) is 6.05. The highest BCUT2D eigenvalue weighted by atomic mass is 19.2. The molecule has 0 saturated heterocycles. The van der Waals surface area contributed by atoms with Crippen LogP contribution < -0.4 is 0 Å². The number of hydrogen-bond donors (Lipinski definition) is 0. The first-order chi connectivity index (χ1) is 12.2. The van der Waals surface area contributed by atoms with Gasteiger partial charge in [-0.05, 0) is 60.6 Å². The number of hydrogen-bond acceptors (Lipinski definition) is 0. The van der Waals surface area contributed by atoms with Gasteiger partial charge in [0.2, 0.25) is 0 Å². The summed E-state index contributed by atoms with van der Waals surface area (Å²) in [5.74, 6) is 4.81. The minimum atomic E-state index is -0.872. The third kappa shape index (κ3) is 4.48. The fourth-order valence-electron chi connectivity index (χ4n) is 3.58. The van der Waals surface area contributed by atoms with Gasteiger partial charge in [-0.15, -0.1) is 0 Å². The third-order valence-electron chi connectivity index (χ3n) is 5.05. The van der Waals surface area contributed by atoms with Crippen molar-refractivity contribution in [3.63, 3.8) is 0 Å². The van der Waals surface area contributed by atoms with Crippen LogP contribution in [0.15, 0.2) is 36.4 Å². The predicted molar refractivity (Wildman–Crippen MR) is 98.4 cm³/mol. The van der Waals surface area contributed by atoms with Crippen LogP contribution in [0.4, 0.5) is 8.78 Å². The molecule has 1 atom stereocenters. The summed E-state index contributed by atoms with van der Waals surface area (Å²) in [4.78, 5) is 0. The topological polar surface area (TPSA) is 0 Å². The zero-order valence-electron chi connectivity index (χ0n) is 14.7. The SMILES string of the molecule is CCCCCC1CCc2cc(C#Cc3cccc(F)c3F)ccc2C1. The van der Waals surface area contributed by atoms with Crippen molar-refractivity contribution in [1.29, 1.82) is 0 Å². The van der Waals surface area contributed by atoms with Crippen LogP contribution in [-0.4, -0.2) is 0 Å². The summed E-state index contributed by atoms with van der Waals surface area (Å²) in [6.45, 7) is 2.24. The van der Waals surface area contributed by atoms with Gasteiger partial charge in [0.25, 0.3) is 0 Å². The Bertz CT molecular complexity index is 795. The average Bonchev–Trinajstić information content (AvgIpc) is 2.63. The molecule has 2 aromatic rings. The van der Waals surface area contributed by atoms with Gasteiger partial charge in [0.15, 0.2) is 11.6 Å². The van der Waals surface area contributed by atoms with Gasteiger partial charge in [0.05, 0.1) is 5.56 Å². The smallest absolute Gasteiger partial charge is 0.174 e. The van der Waals surface area contributed by atoms with Crippen LogP contribution in [0.3, 0.4) is 0 Å². The Morgan fingerprint density at radius 2 is 1.92 bits per heavy atom. The van der Waals surface area contributed by atoms with E-state index >= 15 is 0 Å². The highest BCUT2D eigenvalue weighted by Gasteiger charge is 2.18. The first kappa shape index (κ1) is 17.7. The van der Waals surface area contributed by atoms with Crippen molar-refractivity contribution in [3.8, 4) is 11.8 Å². The molecule has 1 unspecified atom stereocenters. The molecule has 0 heterocycles. The van der Waals surface area contributed by atoms with E-state index in [0.29, 0.717) is 0 Å². The Kier molecular flexibility index (Phi) is 5.87. The number of unbranched alkanes of at least 4 members (excludes halogenated alkanes) is 2. The van der Waals surface area contributed by atoms with E-state index in [-0.39, 0.29) is 5.56 Å². The zero-order valence-corrected chi connectivity index (χ0v) is 14.7. The van der Waals surface area contributed by atoms with E-state index in [1.165, 1.54) is 55.4 Å². The van der Waals surface area contributed by atoms with Crippen molar-refractivity contribution in [1.82, 2.24) is 0 Å². The van der Waals surface area contributed by atoms with Crippen LogP contribution in [-0.2, 0) is 12.8 Å². The minimum absolute atomic E-state index is 0.105. The molecule has 2 aromatic carbocycles. The van der Waals surface area contributed by atoms with Gasteiger partial charge in [-0.3, -0.25) is 0 Å². The van der Waals surface area contributed by atoms with Crippen LogP contribution in [0.2, 0.25) is 0 Å². The van der Waals surface area contributed by atoms with Gasteiger partial charge in [0, 0.05) is 5.56 Å². The van der Waals surface area contributed by atoms with E-state index in [1.54, 1.807) is 0 Å².